The zero-order chi connectivity index (χ0) is 15.3. The van der Waals surface area contributed by atoms with E-state index in [0.29, 0.717) is 17.5 Å². The van der Waals surface area contributed by atoms with Crippen LogP contribution >= 0.6 is 0 Å². The predicted molar refractivity (Wildman–Crippen MR) is 74.8 cm³/mol. The van der Waals surface area contributed by atoms with Crippen LogP contribution in [0.2, 0.25) is 0 Å². The highest BCUT2D eigenvalue weighted by Gasteiger charge is 2.20. The van der Waals surface area contributed by atoms with Gasteiger partial charge in [0.1, 0.15) is 5.60 Å². The number of anilines is 1. The number of carbonyl (C=O) groups excluding carboxylic acids is 2. The molecule has 0 bridgehead atoms. The molecule has 1 N–H and O–H groups in total. The van der Waals surface area contributed by atoms with Gasteiger partial charge in [-0.15, -0.1) is 0 Å². The summed E-state index contributed by atoms with van der Waals surface area (Å²) in [5.41, 5.74) is 0.0905. The van der Waals surface area contributed by atoms with Gasteiger partial charge in [-0.1, -0.05) is 0 Å². The number of carbonyl (C=O) groups is 2. The zero-order valence-corrected chi connectivity index (χ0v) is 12.3. The highest BCUT2D eigenvalue weighted by molar-refractivity contribution is 5.91. The van der Waals surface area contributed by atoms with Gasteiger partial charge in [0.2, 0.25) is 0 Å². The lowest BCUT2D eigenvalue weighted by molar-refractivity contribution is 0.0635. The van der Waals surface area contributed by atoms with E-state index in [-0.39, 0.29) is 11.5 Å². The van der Waals surface area contributed by atoms with E-state index in [2.05, 4.69) is 5.32 Å². The van der Waals surface area contributed by atoms with Crippen LogP contribution in [0.5, 0.6) is 11.5 Å². The molecule has 1 rings (SSSR count). The van der Waals surface area contributed by atoms with Gasteiger partial charge < -0.3 is 14.2 Å². The maximum Gasteiger partial charge on any atom is 0.412 e. The topological polar surface area (TPSA) is 73.9 Å². The zero-order valence-electron chi connectivity index (χ0n) is 12.3. The molecule has 0 unspecified atom stereocenters. The maximum absolute atomic E-state index is 11.8. The summed E-state index contributed by atoms with van der Waals surface area (Å²) in [6, 6.07) is 3.08. The average molecular weight is 281 g/mol. The molecule has 0 spiro atoms. The average Bonchev–Trinajstić information content (AvgIpc) is 2.35. The molecule has 0 saturated carbocycles. The first kappa shape index (κ1) is 15.8. The van der Waals surface area contributed by atoms with Crippen LogP contribution in [0.1, 0.15) is 31.1 Å². The second-order valence-electron chi connectivity index (χ2n) is 5.01. The Balaban J connectivity index is 3.07. The van der Waals surface area contributed by atoms with Gasteiger partial charge >= 0.3 is 6.09 Å². The number of aldehydes is 1. The number of ether oxygens (including phenoxy) is 3. The Labute approximate surface area is 118 Å². The van der Waals surface area contributed by atoms with Gasteiger partial charge in [0.05, 0.1) is 25.5 Å². The highest BCUT2D eigenvalue weighted by atomic mass is 16.6. The molecule has 1 amide bonds. The molecular weight excluding hydrogens is 262 g/mol. The standard InChI is InChI=1S/C14H19NO5/c1-14(2,3)20-13(17)15-10-7-6-9(8-16)11(18-4)12(10)19-5/h6-8H,1-5H3,(H,15,17). The van der Waals surface area contributed by atoms with Gasteiger partial charge in [-0.3, -0.25) is 10.1 Å². The third-order valence-electron chi connectivity index (χ3n) is 2.31. The van der Waals surface area contributed by atoms with E-state index in [4.69, 9.17) is 14.2 Å². The Hall–Kier alpha value is -2.24. The van der Waals surface area contributed by atoms with E-state index < -0.39 is 11.7 Å². The van der Waals surface area contributed by atoms with Crippen molar-refractivity contribution in [2.24, 2.45) is 0 Å². The SMILES string of the molecule is COc1c(C=O)ccc(NC(=O)OC(C)(C)C)c1OC. The molecule has 20 heavy (non-hydrogen) atoms. The van der Waals surface area contributed by atoms with Gasteiger partial charge in [0.25, 0.3) is 0 Å². The smallest absolute Gasteiger partial charge is 0.412 e. The fraction of sp³-hybridized carbons (Fsp3) is 0.429. The van der Waals surface area contributed by atoms with Crippen LogP contribution in [-0.2, 0) is 4.74 Å². The minimum atomic E-state index is -0.614. The van der Waals surface area contributed by atoms with Crippen LogP contribution in [0.15, 0.2) is 12.1 Å². The normalized spacial score (nSPS) is 10.7. The molecule has 1 aromatic rings. The summed E-state index contributed by atoms with van der Waals surface area (Å²) >= 11 is 0. The van der Waals surface area contributed by atoms with Crippen molar-refractivity contribution in [3.8, 4) is 11.5 Å². The minimum Gasteiger partial charge on any atom is -0.492 e. The molecule has 6 nitrogen and oxygen atoms in total. The van der Waals surface area contributed by atoms with Gasteiger partial charge in [-0.25, -0.2) is 4.79 Å². The van der Waals surface area contributed by atoms with Crippen LogP contribution in [0.4, 0.5) is 10.5 Å². The Bertz CT molecular complexity index is 505. The molecule has 0 fully saturated rings. The fourth-order valence-corrected chi connectivity index (χ4v) is 1.60. The quantitative estimate of drug-likeness (QED) is 0.859. The first-order valence-electron chi connectivity index (χ1n) is 6.02. The van der Waals surface area contributed by atoms with Gasteiger partial charge in [-0.2, -0.15) is 0 Å². The van der Waals surface area contributed by atoms with E-state index in [1.807, 2.05) is 0 Å². The van der Waals surface area contributed by atoms with E-state index in [1.54, 1.807) is 26.8 Å². The van der Waals surface area contributed by atoms with Crippen molar-refractivity contribution < 1.29 is 23.8 Å². The van der Waals surface area contributed by atoms with E-state index in [0.717, 1.165) is 0 Å². The van der Waals surface area contributed by atoms with Crippen molar-refractivity contribution in [1.82, 2.24) is 0 Å². The number of hydrogen-bond acceptors (Lipinski definition) is 5. The Morgan fingerprint density at radius 2 is 1.75 bits per heavy atom. The van der Waals surface area contributed by atoms with Crippen LogP contribution in [0.3, 0.4) is 0 Å². The molecule has 0 aliphatic carbocycles. The second-order valence-corrected chi connectivity index (χ2v) is 5.01. The molecule has 0 aromatic heterocycles. The van der Waals surface area contributed by atoms with Gasteiger partial charge in [0.15, 0.2) is 17.8 Å². The first-order chi connectivity index (χ1) is 9.32. The Morgan fingerprint density at radius 3 is 2.20 bits per heavy atom. The predicted octanol–water partition coefficient (Wildman–Crippen LogP) is 2.86. The van der Waals surface area contributed by atoms with Crippen molar-refractivity contribution in [1.29, 1.82) is 0 Å². The van der Waals surface area contributed by atoms with Crippen LogP contribution in [0, 0.1) is 0 Å². The van der Waals surface area contributed by atoms with Crippen LogP contribution in [-0.4, -0.2) is 32.2 Å². The summed E-state index contributed by atoms with van der Waals surface area (Å²) in [5, 5.41) is 2.56. The minimum absolute atomic E-state index is 0.260. The van der Waals surface area contributed by atoms with Crippen molar-refractivity contribution in [3.63, 3.8) is 0 Å². The summed E-state index contributed by atoms with van der Waals surface area (Å²) in [4.78, 5) is 22.7. The van der Waals surface area contributed by atoms with Crippen molar-refractivity contribution in [2.45, 2.75) is 26.4 Å². The van der Waals surface area contributed by atoms with Crippen molar-refractivity contribution in [3.05, 3.63) is 17.7 Å². The van der Waals surface area contributed by atoms with Crippen LogP contribution in [0.25, 0.3) is 0 Å². The molecule has 0 saturated heterocycles. The molecule has 0 aliphatic rings. The third kappa shape index (κ3) is 3.88. The lowest BCUT2D eigenvalue weighted by Crippen LogP contribution is -2.27. The molecule has 6 heteroatoms. The third-order valence-corrected chi connectivity index (χ3v) is 2.31. The number of nitrogens with one attached hydrogen (secondary N) is 1. The van der Waals surface area contributed by atoms with Crippen molar-refractivity contribution in [2.75, 3.05) is 19.5 Å². The largest absolute Gasteiger partial charge is 0.492 e. The first-order valence-corrected chi connectivity index (χ1v) is 6.02. The molecule has 0 heterocycles. The number of methoxy groups -OCH3 is 2. The molecule has 0 aliphatic heterocycles. The number of benzene rings is 1. The van der Waals surface area contributed by atoms with Crippen molar-refractivity contribution >= 4 is 18.1 Å². The van der Waals surface area contributed by atoms with E-state index in [1.165, 1.54) is 20.3 Å². The molecule has 0 radical (unpaired) electrons. The Kier molecular flexibility index (Phi) is 4.96. The van der Waals surface area contributed by atoms with E-state index >= 15 is 0 Å². The highest BCUT2D eigenvalue weighted by Crippen LogP contribution is 2.37. The Morgan fingerprint density at radius 1 is 1.15 bits per heavy atom. The second kappa shape index (κ2) is 6.27. The summed E-state index contributed by atoms with van der Waals surface area (Å²) in [7, 11) is 2.84. The summed E-state index contributed by atoms with van der Waals surface area (Å²) in [6.07, 6.45) is 0.0372. The number of hydrogen-bond donors (Lipinski definition) is 1. The summed E-state index contributed by atoms with van der Waals surface area (Å²) < 4.78 is 15.5. The van der Waals surface area contributed by atoms with Gasteiger partial charge in [-0.05, 0) is 32.9 Å². The summed E-state index contributed by atoms with van der Waals surface area (Å²) in [5.74, 6) is 0.527. The van der Waals surface area contributed by atoms with E-state index in [9.17, 15) is 9.59 Å². The molecular formula is C14H19NO5. The number of amides is 1. The maximum atomic E-state index is 11.8. The number of rotatable bonds is 4. The molecule has 0 atom stereocenters. The molecule has 1 aromatic carbocycles. The lowest BCUT2D eigenvalue weighted by atomic mass is 10.1. The lowest BCUT2D eigenvalue weighted by Gasteiger charge is -2.21. The van der Waals surface area contributed by atoms with Crippen LogP contribution < -0.4 is 14.8 Å². The van der Waals surface area contributed by atoms with Gasteiger partial charge in [0, 0.05) is 0 Å². The molecule has 110 valence electrons. The fourth-order valence-electron chi connectivity index (χ4n) is 1.60. The monoisotopic (exact) mass is 281 g/mol. The summed E-state index contributed by atoms with van der Waals surface area (Å²) in [6.45, 7) is 5.29.